The average molecular weight is 487 g/mol. The van der Waals surface area contributed by atoms with Gasteiger partial charge in [0.05, 0.1) is 6.61 Å². The zero-order valence-corrected chi connectivity index (χ0v) is 19.4. The lowest BCUT2D eigenvalue weighted by Crippen LogP contribution is -2.58. The van der Waals surface area contributed by atoms with Crippen LogP contribution in [-0.2, 0) is 25.6 Å². The number of carbonyl (C=O) groups is 4. The fourth-order valence-electron chi connectivity index (χ4n) is 2.65. The first-order chi connectivity index (χ1) is 15.2. The van der Waals surface area contributed by atoms with Crippen LogP contribution in [0.1, 0.15) is 12.0 Å². The van der Waals surface area contributed by atoms with Gasteiger partial charge in [-0.25, -0.2) is 4.79 Å². The average Bonchev–Trinajstić information content (AvgIpc) is 2.79. The van der Waals surface area contributed by atoms with Gasteiger partial charge in [0, 0.05) is 12.2 Å². The van der Waals surface area contributed by atoms with Gasteiger partial charge in [-0.1, -0.05) is 30.3 Å². The highest BCUT2D eigenvalue weighted by Gasteiger charge is 2.29. The number of nitrogens with two attached hydrogens (primary N) is 1. The van der Waals surface area contributed by atoms with E-state index in [1.807, 2.05) is 6.26 Å². The largest absolute Gasteiger partial charge is 0.480 e. The molecular weight excluding hydrogens is 456 g/mol. The van der Waals surface area contributed by atoms with Gasteiger partial charge in [-0.3, -0.25) is 14.4 Å². The molecule has 7 N–H and O–H groups in total. The molecule has 0 aliphatic heterocycles. The quantitative estimate of drug-likeness (QED) is 0.160. The number of rotatable bonds is 14. The van der Waals surface area contributed by atoms with Crippen LogP contribution in [0, 0.1) is 0 Å². The Hall–Kier alpha value is -2.28. The van der Waals surface area contributed by atoms with Crippen molar-refractivity contribution in [2.45, 2.75) is 37.0 Å². The van der Waals surface area contributed by atoms with Crippen LogP contribution in [0.25, 0.3) is 0 Å². The summed E-state index contributed by atoms with van der Waals surface area (Å²) in [6.07, 6.45) is 2.17. The Labute approximate surface area is 196 Å². The van der Waals surface area contributed by atoms with Crippen molar-refractivity contribution in [1.29, 1.82) is 0 Å². The number of carboxylic acids is 1. The van der Waals surface area contributed by atoms with Crippen molar-refractivity contribution in [2.75, 3.05) is 24.4 Å². The third-order valence-electron chi connectivity index (χ3n) is 4.49. The number of nitrogens with one attached hydrogen (secondary N) is 3. The van der Waals surface area contributed by atoms with Gasteiger partial charge >= 0.3 is 5.97 Å². The zero-order chi connectivity index (χ0) is 24.1. The topological polar surface area (TPSA) is 171 Å². The van der Waals surface area contributed by atoms with Crippen LogP contribution in [0.15, 0.2) is 30.3 Å². The van der Waals surface area contributed by atoms with E-state index in [-0.39, 0.29) is 18.6 Å². The van der Waals surface area contributed by atoms with Gasteiger partial charge in [-0.2, -0.15) is 24.4 Å². The van der Waals surface area contributed by atoms with Crippen LogP contribution in [0.5, 0.6) is 0 Å². The predicted molar refractivity (Wildman–Crippen MR) is 125 cm³/mol. The van der Waals surface area contributed by atoms with Crippen molar-refractivity contribution in [3.63, 3.8) is 0 Å². The minimum Gasteiger partial charge on any atom is -0.480 e. The molecule has 0 aliphatic carbocycles. The summed E-state index contributed by atoms with van der Waals surface area (Å²) in [6, 6.07) is 4.33. The van der Waals surface area contributed by atoms with Crippen LogP contribution in [0.3, 0.4) is 0 Å². The van der Waals surface area contributed by atoms with Crippen molar-refractivity contribution in [3.05, 3.63) is 35.9 Å². The molecule has 0 aliphatic rings. The Kier molecular flexibility index (Phi) is 12.8. The second-order valence-electron chi connectivity index (χ2n) is 6.96. The molecule has 0 saturated heterocycles. The number of thioether (sulfide) groups is 1. The number of carboxylic acid groups (broad SMARTS) is 1. The Morgan fingerprint density at radius 3 is 2.09 bits per heavy atom. The molecule has 1 aromatic carbocycles. The number of benzene rings is 1. The van der Waals surface area contributed by atoms with Crippen molar-refractivity contribution in [2.24, 2.45) is 5.73 Å². The normalized spacial score (nSPS) is 14.5. The molecule has 0 heterocycles. The number of amides is 3. The van der Waals surface area contributed by atoms with E-state index in [9.17, 15) is 24.3 Å². The van der Waals surface area contributed by atoms with E-state index in [1.54, 1.807) is 30.3 Å². The maximum absolute atomic E-state index is 12.7. The van der Waals surface area contributed by atoms with Crippen molar-refractivity contribution < 1.29 is 29.4 Å². The first kappa shape index (κ1) is 27.8. The summed E-state index contributed by atoms with van der Waals surface area (Å²) < 4.78 is 0. The Bertz CT molecular complexity index is 768. The van der Waals surface area contributed by atoms with Gasteiger partial charge in [-0.15, -0.1) is 0 Å². The lowest BCUT2D eigenvalue weighted by atomic mass is 10.1. The van der Waals surface area contributed by atoms with Crippen LogP contribution >= 0.6 is 24.4 Å². The SMILES string of the molecule is CSCCC(NC(=O)C(N)CO)C(=O)NC(CS)C(=O)NC(Cc1ccccc1)C(=O)O. The maximum Gasteiger partial charge on any atom is 0.326 e. The molecule has 10 nitrogen and oxygen atoms in total. The number of hydrogen-bond donors (Lipinski definition) is 7. The molecule has 1 rings (SSSR count). The molecule has 0 fully saturated rings. The van der Waals surface area contributed by atoms with Gasteiger partial charge in [0.2, 0.25) is 17.7 Å². The van der Waals surface area contributed by atoms with E-state index < -0.39 is 54.5 Å². The van der Waals surface area contributed by atoms with Crippen LogP contribution in [0.2, 0.25) is 0 Å². The summed E-state index contributed by atoms with van der Waals surface area (Å²) in [6.45, 7) is -0.581. The Balaban J connectivity index is 2.83. The molecule has 178 valence electrons. The molecule has 12 heteroatoms. The highest BCUT2D eigenvalue weighted by Crippen LogP contribution is 2.06. The second kappa shape index (κ2) is 14.7. The molecule has 3 amide bonds. The molecule has 1 aromatic rings. The summed E-state index contributed by atoms with van der Waals surface area (Å²) in [4.78, 5) is 49.0. The van der Waals surface area contributed by atoms with E-state index in [4.69, 9.17) is 10.8 Å². The number of aliphatic carboxylic acids is 1. The molecule has 0 saturated carbocycles. The Morgan fingerprint density at radius 2 is 1.56 bits per heavy atom. The maximum atomic E-state index is 12.7. The van der Waals surface area contributed by atoms with E-state index in [0.29, 0.717) is 5.75 Å². The molecule has 0 spiro atoms. The molecule has 4 atom stereocenters. The third kappa shape index (κ3) is 9.47. The number of carbonyl (C=O) groups excluding carboxylic acids is 3. The summed E-state index contributed by atoms with van der Waals surface area (Å²) in [7, 11) is 0. The minimum absolute atomic E-state index is 0.0700. The lowest BCUT2D eigenvalue weighted by Gasteiger charge is -2.24. The Morgan fingerprint density at radius 1 is 1.00 bits per heavy atom. The van der Waals surface area contributed by atoms with E-state index in [1.165, 1.54) is 11.8 Å². The first-order valence-corrected chi connectivity index (χ1v) is 11.9. The van der Waals surface area contributed by atoms with Crippen LogP contribution < -0.4 is 21.7 Å². The summed E-state index contributed by atoms with van der Waals surface area (Å²) in [5.74, 6) is -2.80. The van der Waals surface area contributed by atoms with Gasteiger partial charge in [0.1, 0.15) is 24.2 Å². The highest BCUT2D eigenvalue weighted by atomic mass is 32.2. The standard InChI is InChI=1S/C20H30N4O6S2/c1-32-8-7-14(22-17(26)13(21)10-25)18(27)24-16(11-31)19(28)23-15(20(29)30)9-12-5-3-2-4-6-12/h2-6,13-16,25,31H,7-11,21H2,1H3,(H,22,26)(H,23,28)(H,24,27)(H,29,30). The van der Waals surface area contributed by atoms with Crippen LogP contribution in [0.4, 0.5) is 0 Å². The van der Waals surface area contributed by atoms with Crippen LogP contribution in [-0.4, -0.2) is 82.4 Å². The second-order valence-corrected chi connectivity index (χ2v) is 8.32. The summed E-state index contributed by atoms with van der Waals surface area (Å²) in [5.41, 5.74) is 6.21. The molecule has 32 heavy (non-hydrogen) atoms. The summed E-state index contributed by atoms with van der Waals surface area (Å²) in [5, 5.41) is 25.9. The van der Waals surface area contributed by atoms with Gasteiger partial charge < -0.3 is 31.9 Å². The minimum atomic E-state index is -1.21. The highest BCUT2D eigenvalue weighted by molar-refractivity contribution is 7.98. The number of thiol groups is 1. The zero-order valence-electron chi connectivity index (χ0n) is 17.7. The number of aliphatic hydroxyl groups is 1. The number of aliphatic hydroxyl groups excluding tert-OH is 1. The fourth-order valence-corrected chi connectivity index (χ4v) is 3.38. The van der Waals surface area contributed by atoms with Crippen molar-refractivity contribution in [3.8, 4) is 0 Å². The molecule has 4 unspecified atom stereocenters. The third-order valence-corrected chi connectivity index (χ3v) is 5.50. The molecule has 0 bridgehead atoms. The lowest BCUT2D eigenvalue weighted by molar-refractivity contribution is -0.142. The van der Waals surface area contributed by atoms with Crippen molar-refractivity contribution >= 4 is 48.1 Å². The molecule has 0 aromatic heterocycles. The van der Waals surface area contributed by atoms with Gasteiger partial charge in [0.25, 0.3) is 0 Å². The monoisotopic (exact) mass is 486 g/mol. The van der Waals surface area contributed by atoms with Crippen molar-refractivity contribution in [1.82, 2.24) is 16.0 Å². The van der Waals surface area contributed by atoms with E-state index in [0.717, 1.165) is 5.56 Å². The number of hydrogen-bond acceptors (Lipinski definition) is 8. The first-order valence-electron chi connectivity index (χ1n) is 9.87. The van der Waals surface area contributed by atoms with E-state index in [2.05, 4.69) is 28.6 Å². The molecular formula is C20H30N4O6S2. The van der Waals surface area contributed by atoms with Gasteiger partial charge in [-0.05, 0) is 24.0 Å². The predicted octanol–water partition coefficient (Wildman–Crippen LogP) is -1.23. The smallest absolute Gasteiger partial charge is 0.326 e. The van der Waals surface area contributed by atoms with E-state index >= 15 is 0 Å². The summed E-state index contributed by atoms with van der Waals surface area (Å²) >= 11 is 5.55. The molecule has 0 radical (unpaired) electrons. The van der Waals surface area contributed by atoms with Gasteiger partial charge in [0.15, 0.2) is 0 Å². The fraction of sp³-hybridized carbons (Fsp3) is 0.500.